The maximum absolute atomic E-state index is 12.9. The highest BCUT2D eigenvalue weighted by Crippen LogP contribution is 2.49. The van der Waals surface area contributed by atoms with Crippen LogP contribution in [0.25, 0.3) is 0 Å². The van der Waals surface area contributed by atoms with Crippen LogP contribution >= 0.6 is 11.3 Å². The number of fused-ring (bicyclic) bond motifs is 1. The molecule has 0 aromatic carbocycles. The first-order valence-electron chi connectivity index (χ1n) is 9.88. The van der Waals surface area contributed by atoms with E-state index in [0.717, 1.165) is 37.4 Å². The fraction of sp³-hybridized carbons (Fsp3) is 0.800. The maximum Gasteiger partial charge on any atom is 0.330 e. The van der Waals surface area contributed by atoms with Crippen molar-refractivity contribution in [2.45, 2.75) is 78.6 Å². The third-order valence-electron chi connectivity index (χ3n) is 5.35. The lowest BCUT2D eigenvalue weighted by molar-refractivity contribution is 0.0237. The molecule has 3 rings (SSSR count). The molecule has 2 aliphatic rings. The molecule has 0 unspecified atom stereocenters. The summed E-state index contributed by atoms with van der Waals surface area (Å²) in [6.45, 7) is 12.9. The zero-order chi connectivity index (χ0) is 18.9. The number of carbonyl (C=O) groups excluding carboxylic acids is 1. The normalized spacial score (nSPS) is 21.8. The van der Waals surface area contributed by atoms with E-state index in [9.17, 15) is 4.79 Å². The van der Waals surface area contributed by atoms with E-state index < -0.39 is 0 Å². The summed E-state index contributed by atoms with van der Waals surface area (Å²) in [5, 5.41) is 0.795. The van der Waals surface area contributed by atoms with E-state index in [4.69, 9.17) is 9.72 Å². The Bertz CT molecular complexity index is 653. The first-order valence-corrected chi connectivity index (χ1v) is 10.7. The Morgan fingerprint density at radius 2 is 1.92 bits per heavy atom. The largest absolute Gasteiger partial charge is 0.340 e. The Labute approximate surface area is 161 Å². The number of urea groups is 1. The number of aromatic nitrogens is 1. The molecule has 1 aliphatic heterocycles. The lowest BCUT2D eigenvalue weighted by Gasteiger charge is -2.39. The van der Waals surface area contributed by atoms with Crippen LogP contribution in [0.1, 0.15) is 77.3 Å². The van der Waals surface area contributed by atoms with Crippen LogP contribution in [0.15, 0.2) is 0 Å². The van der Waals surface area contributed by atoms with Crippen LogP contribution in [0.3, 0.4) is 0 Å². The molecule has 26 heavy (non-hydrogen) atoms. The topological polar surface area (TPSA) is 45.7 Å². The van der Waals surface area contributed by atoms with E-state index in [-0.39, 0.29) is 16.9 Å². The lowest BCUT2D eigenvalue weighted by Crippen LogP contribution is -2.51. The van der Waals surface area contributed by atoms with Gasteiger partial charge < -0.3 is 9.64 Å². The summed E-state index contributed by atoms with van der Waals surface area (Å²) in [7, 11) is 0. The van der Waals surface area contributed by atoms with Crippen molar-refractivity contribution < 1.29 is 9.53 Å². The van der Waals surface area contributed by atoms with E-state index in [1.165, 1.54) is 23.4 Å². The van der Waals surface area contributed by atoms with Gasteiger partial charge in [0.2, 0.25) is 0 Å². The number of thiazole rings is 1. The van der Waals surface area contributed by atoms with Gasteiger partial charge in [-0.05, 0) is 24.7 Å². The van der Waals surface area contributed by atoms with Gasteiger partial charge in [-0.3, -0.25) is 0 Å². The lowest BCUT2D eigenvalue weighted by atomic mass is 9.67. The van der Waals surface area contributed by atoms with Crippen LogP contribution < -0.4 is 4.90 Å². The second-order valence-corrected chi connectivity index (χ2v) is 10.1. The van der Waals surface area contributed by atoms with Gasteiger partial charge in [0.15, 0.2) is 5.13 Å². The second-order valence-electron chi connectivity index (χ2n) is 9.17. The molecule has 0 spiro atoms. The number of unbranched alkanes of at least 4 members (excludes halogenated alkanes) is 3. The van der Waals surface area contributed by atoms with Crippen LogP contribution in [0, 0.1) is 5.41 Å². The molecule has 5 nitrogen and oxygen atoms in total. The zero-order valence-corrected chi connectivity index (χ0v) is 17.7. The first kappa shape index (κ1) is 19.6. The Balaban J connectivity index is 1.75. The number of rotatable bonds is 6. The first-order chi connectivity index (χ1) is 12.2. The number of ether oxygens (including phenoxy) is 1. The van der Waals surface area contributed by atoms with Gasteiger partial charge in [0.05, 0.1) is 5.69 Å². The molecule has 1 aromatic rings. The second kappa shape index (κ2) is 7.47. The van der Waals surface area contributed by atoms with Crippen molar-refractivity contribution in [1.29, 1.82) is 0 Å². The monoisotopic (exact) mass is 379 g/mol. The molecule has 0 radical (unpaired) electrons. The molecule has 1 saturated heterocycles. The highest BCUT2D eigenvalue weighted by Gasteiger charge is 2.41. The van der Waals surface area contributed by atoms with Gasteiger partial charge >= 0.3 is 6.03 Å². The van der Waals surface area contributed by atoms with E-state index >= 15 is 0 Å². The average Bonchev–Trinajstić information content (AvgIpc) is 2.95. The van der Waals surface area contributed by atoms with Crippen molar-refractivity contribution in [3.05, 3.63) is 10.6 Å². The van der Waals surface area contributed by atoms with Gasteiger partial charge in [-0.1, -0.05) is 53.9 Å². The Hall–Kier alpha value is -1.14. The van der Waals surface area contributed by atoms with Crippen molar-refractivity contribution in [3.8, 4) is 0 Å². The minimum atomic E-state index is 0.0379. The predicted molar refractivity (Wildman–Crippen MR) is 107 cm³/mol. The Kier molecular flexibility index (Phi) is 5.63. The van der Waals surface area contributed by atoms with Crippen molar-refractivity contribution in [1.82, 2.24) is 9.88 Å². The Morgan fingerprint density at radius 3 is 2.65 bits per heavy atom. The van der Waals surface area contributed by atoms with E-state index in [2.05, 4.69) is 34.6 Å². The summed E-state index contributed by atoms with van der Waals surface area (Å²) in [4.78, 5) is 22.7. The number of hydrogen-bond acceptors (Lipinski definition) is 4. The molecule has 2 amide bonds. The van der Waals surface area contributed by atoms with E-state index in [1.807, 2.05) is 4.90 Å². The minimum Gasteiger partial charge on any atom is -0.340 e. The summed E-state index contributed by atoms with van der Waals surface area (Å²) in [5.74, 6) is 0. The third-order valence-corrected chi connectivity index (χ3v) is 6.84. The van der Waals surface area contributed by atoms with E-state index in [1.54, 1.807) is 16.2 Å². The summed E-state index contributed by atoms with van der Waals surface area (Å²) >= 11 is 1.67. The van der Waals surface area contributed by atoms with Gasteiger partial charge in [0, 0.05) is 16.8 Å². The fourth-order valence-corrected chi connectivity index (χ4v) is 5.61. The molecule has 1 fully saturated rings. The summed E-state index contributed by atoms with van der Waals surface area (Å²) in [5.41, 5.74) is 1.52. The molecule has 0 N–H and O–H groups in total. The molecule has 6 heteroatoms. The molecule has 0 saturated carbocycles. The van der Waals surface area contributed by atoms with Crippen LogP contribution in [-0.2, 0) is 16.6 Å². The van der Waals surface area contributed by atoms with Gasteiger partial charge in [0.1, 0.15) is 13.5 Å². The van der Waals surface area contributed by atoms with Gasteiger partial charge in [-0.15, -0.1) is 11.3 Å². The van der Waals surface area contributed by atoms with Crippen LogP contribution in [0.4, 0.5) is 9.93 Å². The number of carbonyl (C=O) groups is 1. The Morgan fingerprint density at radius 1 is 1.15 bits per heavy atom. The highest BCUT2D eigenvalue weighted by atomic mass is 32.1. The van der Waals surface area contributed by atoms with E-state index in [0.29, 0.717) is 13.5 Å². The minimum absolute atomic E-state index is 0.0379. The van der Waals surface area contributed by atoms with Gasteiger partial charge in [-0.25, -0.2) is 14.7 Å². The van der Waals surface area contributed by atoms with Crippen molar-refractivity contribution in [2.24, 2.45) is 5.41 Å². The molecule has 1 aliphatic carbocycles. The molecule has 0 bridgehead atoms. The third kappa shape index (κ3) is 4.06. The van der Waals surface area contributed by atoms with Crippen LogP contribution in [0.5, 0.6) is 0 Å². The number of hydrogen-bond donors (Lipinski definition) is 0. The van der Waals surface area contributed by atoms with Crippen molar-refractivity contribution >= 4 is 22.5 Å². The number of anilines is 1. The van der Waals surface area contributed by atoms with Crippen LogP contribution in [-0.4, -0.2) is 35.9 Å². The summed E-state index contributed by atoms with van der Waals surface area (Å²) < 4.78 is 5.70. The number of amides is 2. The maximum atomic E-state index is 12.9. The van der Waals surface area contributed by atoms with Crippen molar-refractivity contribution in [2.75, 3.05) is 24.9 Å². The molecule has 146 valence electrons. The fourth-order valence-electron chi connectivity index (χ4n) is 4.45. The standard InChI is InChI=1S/C20H33N3O2S/c1-6-7-8-9-10-22-13-25-14-23(18(22)24)17-21-15-11-19(2,3)12-20(4,5)16(15)26-17/h6-14H2,1-5H3. The van der Waals surface area contributed by atoms with Crippen LogP contribution in [0.2, 0.25) is 0 Å². The van der Waals surface area contributed by atoms with Gasteiger partial charge in [0.25, 0.3) is 0 Å². The summed E-state index contributed by atoms with van der Waals surface area (Å²) in [6.07, 6.45) is 6.74. The smallest absolute Gasteiger partial charge is 0.330 e. The average molecular weight is 380 g/mol. The quantitative estimate of drug-likeness (QED) is 0.642. The summed E-state index contributed by atoms with van der Waals surface area (Å²) in [6, 6.07) is 0.0379. The SMILES string of the molecule is CCCCCCN1COCN(c2nc3c(s2)C(C)(C)CC(C)(C)C3)C1=O. The molecule has 0 atom stereocenters. The molecular formula is C20H33N3O2S. The zero-order valence-electron chi connectivity index (χ0n) is 16.9. The van der Waals surface area contributed by atoms with Gasteiger partial charge in [-0.2, -0.15) is 0 Å². The predicted octanol–water partition coefficient (Wildman–Crippen LogP) is 5.15. The molecule has 2 heterocycles. The number of nitrogens with zero attached hydrogens (tertiary/aromatic N) is 3. The highest BCUT2D eigenvalue weighted by molar-refractivity contribution is 7.16. The molecular weight excluding hydrogens is 346 g/mol. The molecule has 1 aromatic heterocycles. The van der Waals surface area contributed by atoms with Crippen molar-refractivity contribution in [3.63, 3.8) is 0 Å².